The Balaban J connectivity index is -0.000000275. The standard InChI is InChI=1S/C15H12O3.3C2H5.H3N.Ni/c1-11(16)18-14-10-6-5-9-13(14)15(17)12-7-3-2-4-8-12;3*1-2;;/h2-10H,1H3;3*1H2,2H3;1H3;/q;3*-1;;+3. The van der Waals surface area contributed by atoms with Crippen LogP contribution in [0.1, 0.15) is 43.6 Å². The monoisotopic (exact) mass is 402 g/mol. The van der Waals surface area contributed by atoms with Crippen LogP contribution < -0.4 is 10.9 Å². The van der Waals surface area contributed by atoms with Crippen molar-refractivity contribution in [1.29, 1.82) is 0 Å². The van der Waals surface area contributed by atoms with E-state index in [9.17, 15) is 9.59 Å². The van der Waals surface area contributed by atoms with E-state index in [-0.39, 0.29) is 28.4 Å². The van der Waals surface area contributed by atoms with Crippen LogP contribution in [0.15, 0.2) is 54.6 Å². The average Bonchev–Trinajstić information content (AvgIpc) is 2.67. The Bertz CT molecular complexity index is 587. The molecule has 0 aromatic heterocycles. The maximum absolute atomic E-state index is 12.3. The molecule has 0 fully saturated rings. The summed E-state index contributed by atoms with van der Waals surface area (Å²) in [5, 5.41) is 0. The minimum absolute atomic E-state index is 0. The van der Waals surface area contributed by atoms with Crippen molar-refractivity contribution in [1.82, 2.24) is 6.15 Å². The van der Waals surface area contributed by atoms with E-state index in [0.29, 0.717) is 16.9 Å². The summed E-state index contributed by atoms with van der Waals surface area (Å²) >= 11 is 0. The summed E-state index contributed by atoms with van der Waals surface area (Å²) in [6, 6.07) is 15.6. The molecule has 0 aliphatic carbocycles. The fraction of sp³-hybridized carbons (Fsp3) is 0.190. The first-order valence-electron chi connectivity index (χ1n) is 7.68. The van der Waals surface area contributed by atoms with Crippen LogP contribution in [0.25, 0.3) is 0 Å². The van der Waals surface area contributed by atoms with Crippen molar-refractivity contribution in [2.75, 3.05) is 0 Å². The zero-order valence-electron chi connectivity index (χ0n) is 16.1. The molecule has 0 heterocycles. The predicted octanol–water partition coefficient (Wildman–Crippen LogP) is 5.52. The van der Waals surface area contributed by atoms with Crippen molar-refractivity contribution >= 4 is 11.8 Å². The minimum Gasteiger partial charge on any atom is -0.426 e. The van der Waals surface area contributed by atoms with E-state index in [1.165, 1.54) is 6.92 Å². The van der Waals surface area contributed by atoms with Gasteiger partial charge in [0.15, 0.2) is 5.78 Å². The van der Waals surface area contributed by atoms with Crippen molar-refractivity contribution in [3.05, 3.63) is 86.5 Å². The third-order valence-corrected chi connectivity index (χ3v) is 2.42. The minimum atomic E-state index is -0.441. The number of rotatable bonds is 3. The Morgan fingerprint density at radius 3 is 1.65 bits per heavy atom. The number of hydrogen-bond donors (Lipinski definition) is 1. The molecule has 2 aromatic carbocycles. The van der Waals surface area contributed by atoms with Gasteiger partial charge in [-0.2, -0.15) is 20.8 Å². The van der Waals surface area contributed by atoms with Gasteiger partial charge in [-0.25, -0.2) is 0 Å². The number of esters is 1. The molecule has 2 aromatic rings. The zero-order valence-corrected chi connectivity index (χ0v) is 17.1. The van der Waals surface area contributed by atoms with Crippen LogP contribution in [0.5, 0.6) is 5.75 Å². The molecule has 26 heavy (non-hydrogen) atoms. The molecule has 0 spiro atoms. The van der Waals surface area contributed by atoms with Crippen molar-refractivity contribution in [2.45, 2.75) is 27.7 Å². The molecule has 3 N–H and O–H groups in total. The number of carbonyl (C=O) groups is 2. The van der Waals surface area contributed by atoms with Gasteiger partial charge in [-0.1, -0.05) is 42.5 Å². The third kappa shape index (κ3) is 11.6. The van der Waals surface area contributed by atoms with Gasteiger partial charge in [-0.15, -0.1) is 0 Å². The molecule has 0 saturated carbocycles. The summed E-state index contributed by atoms with van der Waals surface area (Å²) in [4.78, 5) is 23.2. The number of carbonyl (C=O) groups excluding carboxylic acids is 2. The van der Waals surface area contributed by atoms with E-state index in [0.717, 1.165) is 0 Å². The summed E-state index contributed by atoms with van der Waals surface area (Å²) < 4.78 is 5.03. The topological polar surface area (TPSA) is 78.4 Å². The van der Waals surface area contributed by atoms with Gasteiger partial charge in [0.2, 0.25) is 0 Å². The van der Waals surface area contributed by atoms with Crippen LogP contribution in [-0.4, -0.2) is 11.8 Å². The molecule has 1 radical (unpaired) electrons. The molecule has 147 valence electrons. The van der Waals surface area contributed by atoms with Crippen LogP contribution in [0.3, 0.4) is 0 Å². The molecule has 0 aliphatic heterocycles. The molecular weight excluding hydrogens is 373 g/mol. The van der Waals surface area contributed by atoms with Crippen molar-refractivity contribution in [3.63, 3.8) is 0 Å². The maximum atomic E-state index is 12.3. The molecule has 2 rings (SSSR count). The van der Waals surface area contributed by atoms with Gasteiger partial charge < -0.3 is 31.7 Å². The van der Waals surface area contributed by atoms with E-state index in [1.807, 2.05) is 6.07 Å². The number of ketones is 1. The summed E-state index contributed by atoms with van der Waals surface area (Å²) in [6.45, 7) is 16.3. The second-order valence-corrected chi connectivity index (χ2v) is 3.78. The fourth-order valence-electron chi connectivity index (χ4n) is 1.64. The predicted molar refractivity (Wildman–Crippen MR) is 106 cm³/mol. The van der Waals surface area contributed by atoms with E-state index in [4.69, 9.17) is 4.74 Å². The Kier molecular flexibility index (Phi) is 25.8. The van der Waals surface area contributed by atoms with Crippen LogP contribution in [0, 0.1) is 20.8 Å². The second kappa shape index (κ2) is 21.1. The molecule has 0 saturated heterocycles. The molecule has 0 bridgehead atoms. The summed E-state index contributed by atoms with van der Waals surface area (Å²) in [5.74, 6) is -0.311. The average molecular weight is 403 g/mol. The van der Waals surface area contributed by atoms with Gasteiger partial charge in [0.1, 0.15) is 5.75 Å². The first kappa shape index (κ1) is 31.8. The summed E-state index contributed by atoms with van der Waals surface area (Å²) in [6.07, 6.45) is 0. The van der Waals surface area contributed by atoms with Gasteiger partial charge in [0.05, 0.1) is 5.56 Å². The smallest absolute Gasteiger partial charge is 0.426 e. The van der Waals surface area contributed by atoms with E-state index in [1.54, 1.807) is 69.3 Å². The Labute approximate surface area is 168 Å². The number of hydrogen-bond acceptors (Lipinski definition) is 4. The number of para-hydroxylation sites is 1. The van der Waals surface area contributed by atoms with Crippen LogP contribution in [0.2, 0.25) is 0 Å². The van der Waals surface area contributed by atoms with E-state index >= 15 is 0 Å². The van der Waals surface area contributed by atoms with Crippen LogP contribution in [-0.2, 0) is 21.3 Å². The molecular formula is C21H30NNiO3. The zero-order chi connectivity index (χ0) is 19.0. The van der Waals surface area contributed by atoms with Gasteiger partial charge in [-0.05, 0) is 12.1 Å². The van der Waals surface area contributed by atoms with Crippen molar-refractivity contribution in [3.8, 4) is 5.75 Å². The van der Waals surface area contributed by atoms with E-state index in [2.05, 4.69) is 20.8 Å². The maximum Gasteiger partial charge on any atom is 3.00 e. The molecule has 0 aliphatic rings. The molecule has 0 amide bonds. The largest absolute Gasteiger partial charge is 3.00 e. The summed E-state index contributed by atoms with van der Waals surface area (Å²) in [7, 11) is 0. The Morgan fingerprint density at radius 2 is 1.19 bits per heavy atom. The fourth-order valence-corrected chi connectivity index (χ4v) is 1.64. The number of benzene rings is 2. The normalized spacial score (nSPS) is 7.50. The first-order valence-corrected chi connectivity index (χ1v) is 7.68. The Hall–Kier alpha value is -1.97. The van der Waals surface area contributed by atoms with Crippen molar-refractivity contribution in [2.24, 2.45) is 0 Å². The van der Waals surface area contributed by atoms with Crippen LogP contribution in [0.4, 0.5) is 0 Å². The number of ether oxygens (including phenoxy) is 1. The first-order chi connectivity index (χ1) is 11.7. The second-order valence-electron chi connectivity index (χ2n) is 3.78. The quantitative estimate of drug-likeness (QED) is 0.241. The SMILES string of the molecule is CC(=O)Oc1ccccc1C(=O)c1ccccc1.N.[CH2-]C.[CH2-]C.[CH2-]C.[Ni+3]. The van der Waals surface area contributed by atoms with Crippen LogP contribution >= 0.6 is 0 Å². The third-order valence-electron chi connectivity index (χ3n) is 2.42. The van der Waals surface area contributed by atoms with Gasteiger partial charge in [0.25, 0.3) is 0 Å². The molecule has 0 unspecified atom stereocenters. The van der Waals surface area contributed by atoms with Gasteiger partial charge in [-0.3, -0.25) is 9.59 Å². The van der Waals surface area contributed by atoms with Gasteiger partial charge >= 0.3 is 22.5 Å². The molecule has 0 atom stereocenters. The van der Waals surface area contributed by atoms with Crippen molar-refractivity contribution < 1.29 is 30.8 Å². The molecule has 5 heteroatoms. The van der Waals surface area contributed by atoms with E-state index < -0.39 is 5.97 Å². The summed E-state index contributed by atoms with van der Waals surface area (Å²) in [5.41, 5.74) is 0.955. The van der Waals surface area contributed by atoms with Gasteiger partial charge in [0, 0.05) is 12.5 Å². The Morgan fingerprint density at radius 1 is 0.769 bits per heavy atom. The molecule has 4 nitrogen and oxygen atoms in total.